The number of ether oxygens (including phenoxy) is 2. The first-order valence-electron chi connectivity index (χ1n) is 10.5. The number of hydrogen-bond acceptors (Lipinski definition) is 6. The first-order chi connectivity index (χ1) is 14.8. The minimum absolute atomic E-state index is 0.0266. The third-order valence-corrected chi connectivity index (χ3v) is 4.89. The van der Waals surface area contributed by atoms with Gasteiger partial charge >= 0.3 is 5.97 Å². The first kappa shape index (κ1) is 24.1. The van der Waals surface area contributed by atoms with Gasteiger partial charge in [-0.05, 0) is 44.0 Å². The maximum atomic E-state index is 11.7. The first-order valence-corrected chi connectivity index (χ1v) is 10.5. The molecule has 0 fully saturated rings. The molecule has 0 atom stereocenters. The number of rotatable bonds is 12. The van der Waals surface area contributed by atoms with Crippen LogP contribution < -0.4 is 9.47 Å². The Morgan fingerprint density at radius 3 is 1.68 bits per heavy atom. The second kappa shape index (κ2) is 11.2. The van der Waals surface area contributed by atoms with Gasteiger partial charge in [-0.15, -0.1) is 0 Å². The monoisotopic (exact) mass is 430 g/mol. The largest absolute Gasteiger partial charge is 0.507 e. The van der Waals surface area contributed by atoms with Crippen molar-refractivity contribution in [1.82, 2.24) is 0 Å². The molecule has 0 spiro atoms. The molecule has 0 bridgehead atoms. The van der Waals surface area contributed by atoms with Gasteiger partial charge < -0.3 is 24.8 Å². The minimum Gasteiger partial charge on any atom is -0.507 e. The zero-order valence-corrected chi connectivity index (χ0v) is 18.2. The average molecular weight is 430 g/mol. The van der Waals surface area contributed by atoms with E-state index in [0.717, 1.165) is 12.8 Å². The van der Waals surface area contributed by atoms with Crippen molar-refractivity contribution in [3.63, 3.8) is 0 Å². The number of ketones is 1. The van der Waals surface area contributed by atoms with E-state index in [2.05, 4.69) is 0 Å². The Morgan fingerprint density at radius 1 is 0.806 bits per heavy atom. The number of benzene rings is 2. The van der Waals surface area contributed by atoms with Gasteiger partial charge in [0.1, 0.15) is 28.6 Å². The molecular weight excluding hydrogens is 400 g/mol. The van der Waals surface area contributed by atoms with E-state index < -0.39 is 5.97 Å². The van der Waals surface area contributed by atoms with Crippen molar-refractivity contribution in [2.24, 2.45) is 0 Å². The maximum Gasteiger partial charge on any atom is 0.339 e. The minimum atomic E-state index is -1.18. The third kappa shape index (κ3) is 5.90. The number of carboxylic acids is 1. The van der Waals surface area contributed by atoms with Crippen molar-refractivity contribution in [1.29, 1.82) is 0 Å². The Bertz CT molecular complexity index is 859. The topological polar surface area (TPSA) is 113 Å². The lowest BCUT2D eigenvalue weighted by Gasteiger charge is -2.16. The third-order valence-electron chi connectivity index (χ3n) is 4.89. The molecule has 0 unspecified atom stereocenters. The van der Waals surface area contributed by atoms with Crippen LogP contribution in [-0.2, 0) is 12.8 Å². The van der Waals surface area contributed by atoms with Gasteiger partial charge in [-0.2, -0.15) is 0 Å². The van der Waals surface area contributed by atoms with Crippen LogP contribution in [0.3, 0.4) is 0 Å². The molecule has 2 aromatic rings. The van der Waals surface area contributed by atoms with Gasteiger partial charge in [0.15, 0.2) is 5.78 Å². The molecule has 7 nitrogen and oxygen atoms in total. The van der Waals surface area contributed by atoms with Crippen molar-refractivity contribution in [2.45, 2.75) is 52.9 Å². The van der Waals surface area contributed by atoms with Crippen molar-refractivity contribution in [3.05, 3.63) is 46.5 Å². The van der Waals surface area contributed by atoms with E-state index in [-0.39, 0.29) is 28.4 Å². The Kier molecular flexibility index (Phi) is 8.73. The number of phenolic OH excluding ortho intramolecular Hbond substituents is 1. The molecule has 31 heavy (non-hydrogen) atoms. The van der Waals surface area contributed by atoms with Gasteiger partial charge in [-0.25, -0.2) is 4.79 Å². The van der Waals surface area contributed by atoms with Crippen LogP contribution in [0.15, 0.2) is 24.3 Å². The fraction of sp³-hybridized carbons (Fsp3) is 0.417. The summed E-state index contributed by atoms with van der Waals surface area (Å²) in [5.41, 5.74) is 1.25. The summed E-state index contributed by atoms with van der Waals surface area (Å²) >= 11 is 0. The van der Waals surface area contributed by atoms with Gasteiger partial charge in [-0.1, -0.05) is 26.7 Å². The Balaban J connectivity index is 2.01. The Labute approximate surface area is 182 Å². The standard InChI is InChI=1S/C24H30O7/c1-4-7-17-20(11-9-16(15(3)25)22(17)26)30-13-6-14-31-21-12-10-19(24(28)29)23(27)18(21)8-5-2/h9-12,26-27H,4-8,13-14H2,1-3H3,(H,28,29). The summed E-state index contributed by atoms with van der Waals surface area (Å²) in [6.45, 7) is 5.97. The lowest BCUT2D eigenvalue weighted by atomic mass is 10.0. The number of phenols is 2. The number of carboxylic acid groups (broad SMARTS) is 1. The van der Waals surface area contributed by atoms with E-state index >= 15 is 0 Å². The number of carbonyl (C=O) groups is 2. The number of aromatic carboxylic acids is 1. The van der Waals surface area contributed by atoms with Crippen LogP contribution >= 0.6 is 0 Å². The summed E-state index contributed by atoms with van der Waals surface area (Å²) in [7, 11) is 0. The molecule has 0 saturated heterocycles. The fourth-order valence-electron chi connectivity index (χ4n) is 3.37. The Hall–Kier alpha value is -3.22. The van der Waals surface area contributed by atoms with Gasteiger partial charge in [0.25, 0.3) is 0 Å². The molecule has 0 radical (unpaired) electrons. The van der Waals surface area contributed by atoms with Crippen LogP contribution in [0.1, 0.15) is 71.9 Å². The highest BCUT2D eigenvalue weighted by atomic mass is 16.5. The lowest BCUT2D eigenvalue weighted by Crippen LogP contribution is -2.09. The van der Waals surface area contributed by atoms with Crippen LogP contribution in [0.5, 0.6) is 23.0 Å². The normalized spacial score (nSPS) is 10.7. The number of carbonyl (C=O) groups excluding carboxylic acids is 1. The quantitative estimate of drug-likeness (QED) is 0.329. The van der Waals surface area contributed by atoms with Crippen LogP contribution in [0.25, 0.3) is 0 Å². The molecule has 2 aromatic carbocycles. The van der Waals surface area contributed by atoms with E-state index in [1.807, 2.05) is 13.8 Å². The SMILES string of the molecule is CCCc1c(OCCCOc2ccc(C(=O)O)c(O)c2CCC)ccc(C(C)=O)c1O. The van der Waals surface area contributed by atoms with Crippen LogP contribution in [-0.4, -0.2) is 40.3 Å². The lowest BCUT2D eigenvalue weighted by molar-refractivity contribution is 0.0693. The van der Waals surface area contributed by atoms with Crippen LogP contribution in [0.4, 0.5) is 0 Å². The molecule has 168 valence electrons. The highest BCUT2D eigenvalue weighted by molar-refractivity contribution is 5.97. The molecule has 0 amide bonds. The van der Waals surface area contributed by atoms with Gasteiger partial charge in [0.2, 0.25) is 0 Å². The number of hydrogen-bond donors (Lipinski definition) is 3. The average Bonchev–Trinajstić information content (AvgIpc) is 2.71. The maximum absolute atomic E-state index is 11.7. The second-order valence-electron chi connectivity index (χ2n) is 7.29. The van der Waals surface area contributed by atoms with E-state index in [4.69, 9.17) is 9.47 Å². The fourth-order valence-corrected chi connectivity index (χ4v) is 3.37. The molecule has 3 N–H and O–H groups in total. The van der Waals surface area contributed by atoms with E-state index in [1.165, 1.54) is 13.0 Å². The number of Topliss-reactive ketones (excluding diaryl/α,β-unsaturated/α-hetero) is 1. The molecule has 0 aromatic heterocycles. The summed E-state index contributed by atoms with van der Waals surface area (Å²) in [6.07, 6.45) is 3.16. The summed E-state index contributed by atoms with van der Waals surface area (Å²) in [6, 6.07) is 6.16. The molecule has 0 aliphatic carbocycles. The van der Waals surface area contributed by atoms with Gasteiger partial charge in [-0.3, -0.25) is 4.79 Å². The van der Waals surface area contributed by atoms with Crippen molar-refractivity contribution >= 4 is 11.8 Å². The van der Waals surface area contributed by atoms with E-state index in [1.54, 1.807) is 18.2 Å². The molecule has 0 saturated carbocycles. The smallest absolute Gasteiger partial charge is 0.339 e. The Morgan fingerprint density at radius 2 is 1.26 bits per heavy atom. The molecule has 7 heteroatoms. The molecular formula is C24H30O7. The second-order valence-corrected chi connectivity index (χ2v) is 7.29. The van der Waals surface area contributed by atoms with Crippen LogP contribution in [0.2, 0.25) is 0 Å². The molecule has 0 heterocycles. The van der Waals surface area contributed by atoms with Crippen molar-refractivity contribution < 1.29 is 34.4 Å². The van der Waals surface area contributed by atoms with Crippen molar-refractivity contribution in [2.75, 3.05) is 13.2 Å². The van der Waals surface area contributed by atoms with Crippen molar-refractivity contribution in [3.8, 4) is 23.0 Å². The highest BCUT2D eigenvalue weighted by Crippen LogP contribution is 2.34. The van der Waals surface area contributed by atoms with Gasteiger partial charge in [0.05, 0.1) is 18.8 Å². The summed E-state index contributed by atoms with van der Waals surface area (Å²) in [5.74, 6) is -0.666. The van der Waals surface area contributed by atoms with E-state index in [9.17, 15) is 24.9 Å². The summed E-state index contributed by atoms with van der Waals surface area (Å²) in [5, 5.41) is 29.8. The summed E-state index contributed by atoms with van der Waals surface area (Å²) in [4.78, 5) is 22.9. The summed E-state index contributed by atoms with van der Waals surface area (Å²) < 4.78 is 11.6. The molecule has 0 aliphatic rings. The zero-order valence-electron chi connectivity index (χ0n) is 18.2. The highest BCUT2D eigenvalue weighted by Gasteiger charge is 2.18. The predicted molar refractivity (Wildman–Crippen MR) is 117 cm³/mol. The van der Waals surface area contributed by atoms with Crippen LogP contribution in [0, 0.1) is 0 Å². The van der Waals surface area contributed by atoms with Gasteiger partial charge in [0, 0.05) is 17.5 Å². The predicted octanol–water partition coefficient (Wildman–Crippen LogP) is 4.75. The molecule has 2 rings (SSSR count). The molecule has 0 aliphatic heterocycles. The number of aromatic hydroxyl groups is 2. The zero-order chi connectivity index (χ0) is 23.0. The van der Waals surface area contributed by atoms with E-state index in [0.29, 0.717) is 55.1 Å².